The lowest BCUT2D eigenvalue weighted by Gasteiger charge is -2.03. The lowest BCUT2D eigenvalue weighted by Crippen LogP contribution is -2.08. The van der Waals surface area contributed by atoms with E-state index < -0.39 is 0 Å². The topological polar surface area (TPSA) is 56.4 Å². The Morgan fingerprint density at radius 3 is 3.15 bits per heavy atom. The van der Waals surface area contributed by atoms with E-state index in [-0.39, 0.29) is 0 Å². The minimum Gasteiger partial charge on any atom is -0.434 e. The average molecular weight is 291 g/mol. The predicted molar refractivity (Wildman–Crippen MR) is 78.4 cm³/mol. The number of hydrogen-bond donors (Lipinski definition) is 1. The maximum Gasteiger partial charge on any atom is 0.243 e. The molecule has 1 N–H and O–H groups in total. The lowest BCUT2D eigenvalue weighted by molar-refractivity contribution is 0.455. The molecule has 7 heteroatoms. The van der Waals surface area contributed by atoms with Gasteiger partial charge in [0.05, 0.1) is 12.4 Å². The summed E-state index contributed by atoms with van der Waals surface area (Å²) in [5.74, 6) is 1.36. The summed E-state index contributed by atoms with van der Waals surface area (Å²) in [5, 5.41) is 9.43. The third-order valence-electron chi connectivity index (χ3n) is 2.95. The number of thiazole rings is 1. The fraction of sp³-hybridized carbons (Fsp3) is 0.385. The molecule has 0 spiro atoms. The number of aryl methyl sites for hydroxylation is 1. The SMILES string of the molecule is CCCn1cc(Oc2nc3sccn3c2CNC)cn1. The first-order valence-electron chi connectivity index (χ1n) is 6.61. The van der Waals surface area contributed by atoms with E-state index in [0.717, 1.165) is 29.4 Å². The molecular weight excluding hydrogens is 274 g/mol. The van der Waals surface area contributed by atoms with Gasteiger partial charge in [-0.15, -0.1) is 11.3 Å². The molecule has 0 atom stereocenters. The van der Waals surface area contributed by atoms with Gasteiger partial charge < -0.3 is 10.1 Å². The number of hydrogen-bond acceptors (Lipinski definition) is 5. The summed E-state index contributed by atoms with van der Waals surface area (Å²) in [6, 6.07) is 0. The van der Waals surface area contributed by atoms with Gasteiger partial charge in [0.1, 0.15) is 5.69 Å². The zero-order valence-corrected chi connectivity index (χ0v) is 12.4. The van der Waals surface area contributed by atoms with Gasteiger partial charge in [0.2, 0.25) is 5.88 Å². The average Bonchev–Trinajstić information content (AvgIpc) is 3.10. The van der Waals surface area contributed by atoms with Crippen molar-refractivity contribution in [2.75, 3.05) is 7.05 Å². The molecule has 0 amide bonds. The van der Waals surface area contributed by atoms with E-state index in [0.29, 0.717) is 12.4 Å². The van der Waals surface area contributed by atoms with Crippen molar-refractivity contribution in [2.45, 2.75) is 26.4 Å². The van der Waals surface area contributed by atoms with Crippen LogP contribution >= 0.6 is 11.3 Å². The highest BCUT2D eigenvalue weighted by Crippen LogP contribution is 2.27. The summed E-state index contributed by atoms with van der Waals surface area (Å²) >= 11 is 1.60. The van der Waals surface area contributed by atoms with Crippen molar-refractivity contribution in [3.8, 4) is 11.6 Å². The van der Waals surface area contributed by atoms with Gasteiger partial charge in [-0.3, -0.25) is 9.08 Å². The van der Waals surface area contributed by atoms with Crippen LogP contribution in [0.25, 0.3) is 4.96 Å². The van der Waals surface area contributed by atoms with Crippen molar-refractivity contribution >= 4 is 16.3 Å². The summed E-state index contributed by atoms with van der Waals surface area (Å²) in [4.78, 5) is 5.46. The molecule has 0 unspecified atom stereocenters. The molecule has 0 saturated carbocycles. The lowest BCUT2D eigenvalue weighted by atomic mass is 10.4. The van der Waals surface area contributed by atoms with Crippen molar-refractivity contribution in [1.82, 2.24) is 24.5 Å². The number of rotatable bonds is 6. The predicted octanol–water partition coefficient (Wildman–Crippen LogP) is 2.51. The first kappa shape index (κ1) is 13.1. The van der Waals surface area contributed by atoms with E-state index in [1.807, 2.05) is 33.9 Å². The molecule has 20 heavy (non-hydrogen) atoms. The molecule has 3 heterocycles. The summed E-state index contributed by atoms with van der Waals surface area (Å²) in [6.45, 7) is 3.72. The molecule has 6 nitrogen and oxygen atoms in total. The van der Waals surface area contributed by atoms with Gasteiger partial charge in [0.25, 0.3) is 0 Å². The molecule has 106 valence electrons. The van der Waals surface area contributed by atoms with Crippen LogP contribution in [-0.4, -0.2) is 26.2 Å². The Kier molecular flexibility index (Phi) is 3.70. The van der Waals surface area contributed by atoms with Crippen molar-refractivity contribution in [3.05, 3.63) is 29.7 Å². The van der Waals surface area contributed by atoms with Gasteiger partial charge >= 0.3 is 0 Å². The third-order valence-corrected chi connectivity index (χ3v) is 3.70. The van der Waals surface area contributed by atoms with Crippen LogP contribution in [0.4, 0.5) is 0 Å². The van der Waals surface area contributed by atoms with Crippen LogP contribution in [0.2, 0.25) is 0 Å². The highest BCUT2D eigenvalue weighted by Gasteiger charge is 2.15. The van der Waals surface area contributed by atoms with Gasteiger partial charge in [0.15, 0.2) is 10.7 Å². The second kappa shape index (κ2) is 5.64. The standard InChI is InChI=1S/C13H17N5OS/c1-3-4-17-9-10(7-15-17)19-12-11(8-14-2)18-5-6-20-13(18)16-12/h5-7,9,14H,3-4,8H2,1-2H3. The Morgan fingerprint density at radius 2 is 2.35 bits per heavy atom. The van der Waals surface area contributed by atoms with Crippen molar-refractivity contribution in [2.24, 2.45) is 0 Å². The number of ether oxygens (including phenoxy) is 1. The Balaban J connectivity index is 1.88. The van der Waals surface area contributed by atoms with Crippen LogP contribution in [-0.2, 0) is 13.1 Å². The first-order valence-corrected chi connectivity index (χ1v) is 7.49. The number of imidazole rings is 1. The zero-order chi connectivity index (χ0) is 13.9. The maximum absolute atomic E-state index is 5.88. The molecule has 0 bridgehead atoms. The van der Waals surface area contributed by atoms with E-state index in [2.05, 4.69) is 22.3 Å². The second-order valence-electron chi connectivity index (χ2n) is 4.49. The fourth-order valence-electron chi connectivity index (χ4n) is 2.08. The van der Waals surface area contributed by atoms with Crippen molar-refractivity contribution in [1.29, 1.82) is 0 Å². The minimum atomic E-state index is 0.641. The monoisotopic (exact) mass is 291 g/mol. The Morgan fingerprint density at radius 1 is 1.45 bits per heavy atom. The number of nitrogens with zero attached hydrogens (tertiary/aromatic N) is 4. The van der Waals surface area contributed by atoms with Gasteiger partial charge in [-0.2, -0.15) is 10.1 Å². The maximum atomic E-state index is 5.88. The molecule has 0 saturated heterocycles. The molecule has 0 fully saturated rings. The molecule has 0 aromatic carbocycles. The van der Waals surface area contributed by atoms with E-state index in [1.165, 1.54) is 0 Å². The number of nitrogens with one attached hydrogen (secondary N) is 1. The number of fused-ring (bicyclic) bond motifs is 1. The minimum absolute atomic E-state index is 0.641. The highest BCUT2D eigenvalue weighted by molar-refractivity contribution is 7.15. The van der Waals surface area contributed by atoms with Crippen LogP contribution in [0, 0.1) is 0 Å². The summed E-state index contributed by atoms with van der Waals surface area (Å²) in [6.07, 6.45) is 6.69. The van der Waals surface area contributed by atoms with Crippen molar-refractivity contribution in [3.63, 3.8) is 0 Å². The van der Waals surface area contributed by atoms with E-state index in [9.17, 15) is 0 Å². The third kappa shape index (κ3) is 2.41. The molecule has 3 aromatic heterocycles. The van der Waals surface area contributed by atoms with Crippen LogP contribution in [0.1, 0.15) is 19.0 Å². The summed E-state index contributed by atoms with van der Waals surface area (Å²) in [7, 11) is 1.91. The molecule has 0 aliphatic rings. The molecule has 0 aliphatic carbocycles. The second-order valence-corrected chi connectivity index (χ2v) is 5.36. The van der Waals surface area contributed by atoms with E-state index in [1.54, 1.807) is 17.5 Å². The molecular formula is C13H17N5OS. The summed E-state index contributed by atoms with van der Waals surface area (Å²) in [5.41, 5.74) is 1.02. The quantitative estimate of drug-likeness (QED) is 0.758. The molecule has 0 aliphatic heterocycles. The molecule has 3 rings (SSSR count). The zero-order valence-electron chi connectivity index (χ0n) is 11.5. The normalized spacial score (nSPS) is 11.3. The van der Waals surface area contributed by atoms with Crippen LogP contribution < -0.4 is 10.1 Å². The van der Waals surface area contributed by atoms with Crippen LogP contribution in [0.15, 0.2) is 24.0 Å². The van der Waals surface area contributed by atoms with Crippen LogP contribution in [0.5, 0.6) is 11.6 Å². The molecule has 3 aromatic rings. The fourth-order valence-corrected chi connectivity index (χ4v) is 2.81. The van der Waals surface area contributed by atoms with Gasteiger partial charge in [-0.05, 0) is 13.5 Å². The highest BCUT2D eigenvalue weighted by atomic mass is 32.1. The number of aromatic nitrogens is 4. The Labute approximate surface area is 121 Å². The summed E-state index contributed by atoms with van der Waals surface area (Å²) < 4.78 is 9.81. The Hall–Kier alpha value is -1.86. The van der Waals surface area contributed by atoms with E-state index in [4.69, 9.17) is 4.74 Å². The van der Waals surface area contributed by atoms with Crippen molar-refractivity contribution < 1.29 is 4.74 Å². The van der Waals surface area contributed by atoms with Gasteiger partial charge in [0, 0.05) is 24.7 Å². The smallest absolute Gasteiger partial charge is 0.243 e. The largest absolute Gasteiger partial charge is 0.434 e. The first-order chi connectivity index (χ1) is 9.81. The Bertz CT molecular complexity index is 699. The molecule has 0 radical (unpaired) electrons. The van der Waals surface area contributed by atoms with Crippen LogP contribution in [0.3, 0.4) is 0 Å². The van der Waals surface area contributed by atoms with Gasteiger partial charge in [-0.1, -0.05) is 6.92 Å². The van der Waals surface area contributed by atoms with E-state index >= 15 is 0 Å². The van der Waals surface area contributed by atoms with Gasteiger partial charge in [-0.25, -0.2) is 0 Å².